The van der Waals surface area contributed by atoms with Crippen LogP contribution in [0.3, 0.4) is 0 Å². The number of pyridine rings is 1. The standard InChI is InChI=1S/C21H24FN5OS.HI/c1-4-23-21(26-13-19-14(2)27-15(3)29-19)25-12-16-5-10-20(24-11-16)28-18-8-6-17(22)7-9-18;/h5-11H,4,12-13H2,1-3H3,(H2,23,25,26);1H. The van der Waals surface area contributed by atoms with Crippen molar-refractivity contribution in [2.75, 3.05) is 6.54 Å². The number of halogens is 2. The number of aromatic nitrogens is 2. The monoisotopic (exact) mass is 541 g/mol. The maximum atomic E-state index is 13.0. The maximum absolute atomic E-state index is 13.0. The summed E-state index contributed by atoms with van der Waals surface area (Å²) in [6.07, 6.45) is 1.72. The number of ether oxygens (including phenoxy) is 1. The Hall–Kier alpha value is -2.27. The van der Waals surface area contributed by atoms with E-state index in [1.54, 1.807) is 35.7 Å². The predicted octanol–water partition coefficient (Wildman–Crippen LogP) is 4.96. The molecule has 1 aromatic carbocycles. The zero-order valence-corrected chi connectivity index (χ0v) is 20.3. The number of hydrogen-bond acceptors (Lipinski definition) is 5. The van der Waals surface area contributed by atoms with Crippen LogP contribution in [-0.2, 0) is 13.1 Å². The molecule has 30 heavy (non-hydrogen) atoms. The van der Waals surface area contributed by atoms with E-state index in [9.17, 15) is 4.39 Å². The summed E-state index contributed by atoms with van der Waals surface area (Å²) >= 11 is 1.69. The molecule has 9 heteroatoms. The number of nitrogens with one attached hydrogen (secondary N) is 2. The number of aliphatic imine (C=N–C) groups is 1. The lowest BCUT2D eigenvalue weighted by Gasteiger charge is -2.11. The third kappa shape index (κ3) is 7.21. The number of hydrogen-bond donors (Lipinski definition) is 2. The van der Waals surface area contributed by atoms with Gasteiger partial charge in [-0.05, 0) is 50.6 Å². The third-order valence-corrected chi connectivity index (χ3v) is 5.09. The minimum Gasteiger partial charge on any atom is -0.439 e. The molecule has 0 saturated heterocycles. The molecule has 2 aromatic heterocycles. The summed E-state index contributed by atoms with van der Waals surface area (Å²) < 4.78 is 18.6. The van der Waals surface area contributed by atoms with Crippen LogP contribution in [-0.4, -0.2) is 22.5 Å². The Balaban J connectivity index is 0.00000320. The summed E-state index contributed by atoms with van der Waals surface area (Å²) in [5, 5.41) is 7.65. The summed E-state index contributed by atoms with van der Waals surface area (Å²) in [6, 6.07) is 9.52. The minimum atomic E-state index is -0.302. The van der Waals surface area contributed by atoms with Gasteiger partial charge in [0.05, 0.1) is 23.8 Å². The summed E-state index contributed by atoms with van der Waals surface area (Å²) in [6.45, 7) is 8.01. The first-order valence-corrected chi connectivity index (χ1v) is 10.2. The molecule has 0 aliphatic rings. The fourth-order valence-corrected chi connectivity index (χ4v) is 3.48. The topological polar surface area (TPSA) is 71.4 Å². The van der Waals surface area contributed by atoms with Crippen LogP contribution in [0.25, 0.3) is 0 Å². The second-order valence-electron chi connectivity index (χ2n) is 6.35. The van der Waals surface area contributed by atoms with Crippen LogP contribution in [0, 0.1) is 19.7 Å². The molecule has 0 fully saturated rings. The number of guanidine groups is 1. The molecular formula is C21H25FIN5OS. The van der Waals surface area contributed by atoms with Crippen molar-refractivity contribution >= 4 is 41.3 Å². The number of nitrogens with zero attached hydrogens (tertiary/aromatic N) is 3. The molecule has 160 valence electrons. The van der Waals surface area contributed by atoms with E-state index in [0.717, 1.165) is 28.8 Å². The van der Waals surface area contributed by atoms with Gasteiger partial charge >= 0.3 is 0 Å². The summed E-state index contributed by atoms with van der Waals surface area (Å²) in [5.74, 6) is 1.43. The lowest BCUT2D eigenvalue weighted by atomic mass is 10.3. The van der Waals surface area contributed by atoms with Gasteiger partial charge < -0.3 is 15.4 Å². The van der Waals surface area contributed by atoms with Crippen LogP contribution < -0.4 is 15.4 Å². The SMILES string of the molecule is CCNC(=NCc1ccc(Oc2ccc(F)cc2)nc1)NCc1sc(C)nc1C.I. The van der Waals surface area contributed by atoms with Gasteiger partial charge in [0, 0.05) is 23.7 Å². The normalized spacial score (nSPS) is 11.0. The van der Waals surface area contributed by atoms with Crippen LogP contribution >= 0.6 is 35.3 Å². The van der Waals surface area contributed by atoms with Crippen LogP contribution in [0.1, 0.15) is 28.1 Å². The molecule has 0 unspecified atom stereocenters. The van der Waals surface area contributed by atoms with E-state index in [-0.39, 0.29) is 29.8 Å². The van der Waals surface area contributed by atoms with Crippen molar-refractivity contribution in [2.24, 2.45) is 4.99 Å². The quantitative estimate of drug-likeness (QED) is 0.252. The molecule has 3 aromatic rings. The lowest BCUT2D eigenvalue weighted by molar-refractivity contribution is 0.461. The van der Waals surface area contributed by atoms with Gasteiger partial charge in [0.25, 0.3) is 0 Å². The Labute approximate surface area is 197 Å². The van der Waals surface area contributed by atoms with Gasteiger partial charge in [0.1, 0.15) is 11.6 Å². The molecule has 0 radical (unpaired) electrons. The number of thiazole rings is 1. The molecule has 6 nitrogen and oxygen atoms in total. The maximum Gasteiger partial charge on any atom is 0.219 e. The Kier molecular flexibility index (Phi) is 9.44. The molecule has 0 atom stereocenters. The van der Waals surface area contributed by atoms with Gasteiger partial charge in [0.2, 0.25) is 5.88 Å². The molecule has 0 bridgehead atoms. The van der Waals surface area contributed by atoms with Gasteiger partial charge in [-0.2, -0.15) is 0 Å². The van der Waals surface area contributed by atoms with E-state index in [0.29, 0.717) is 24.7 Å². The second kappa shape index (κ2) is 11.8. The molecule has 2 heterocycles. The highest BCUT2D eigenvalue weighted by molar-refractivity contribution is 14.0. The molecule has 0 aliphatic heterocycles. The minimum absolute atomic E-state index is 0. The highest BCUT2D eigenvalue weighted by Crippen LogP contribution is 2.20. The van der Waals surface area contributed by atoms with E-state index < -0.39 is 0 Å². The average molecular weight is 541 g/mol. The van der Waals surface area contributed by atoms with Gasteiger partial charge in [-0.1, -0.05) is 6.07 Å². The molecule has 0 saturated carbocycles. The lowest BCUT2D eigenvalue weighted by Crippen LogP contribution is -2.36. The zero-order chi connectivity index (χ0) is 20.6. The van der Waals surface area contributed by atoms with E-state index in [1.807, 2.05) is 26.8 Å². The van der Waals surface area contributed by atoms with Gasteiger partial charge in [-0.25, -0.2) is 19.4 Å². The molecule has 0 aliphatic carbocycles. The van der Waals surface area contributed by atoms with Crippen molar-refractivity contribution in [3.8, 4) is 11.6 Å². The van der Waals surface area contributed by atoms with E-state index in [2.05, 4.69) is 25.6 Å². The largest absolute Gasteiger partial charge is 0.439 e. The summed E-state index contributed by atoms with van der Waals surface area (Å²) in [5.41, 5.74) is 2.01. The van der Waals surface area contributed by atoms with Crippen molar-refractivity contribution in [3.05, 3.63) is 69.6 Å². The smallest absolute Gasteiger partial charge is 0.219 e. The molecule has 0 spiro atoms. The Morgan fingerprint density at radius 3 is 2.50 bits per heavy atom. The number of benzene rings is 1. The van der Waals surface area contributed by atoms with Crippen LogP contribution in [0.15, 0.2) is 47.6 Å². The summed E-state index contributed by atoms with van der Waals surface area (Å²) in [4.78, 5) is 14.6. The summed E-state index contributed by atoms with van der Waals surface area (Å²) in [7, 11) is 0. The van der Waals surface area contributed by atoms with E-state index >= 15 is 0 Å². The molecule has 3 rings (SSSR count). The van der Waals surface area contributed by atoms with Crippen LogP contribution in [0.5, 0.6) is 11.6 Å². The van der Waals surface area contributed by atoms with Crippen molar-refractivity contribution in [3.63, 3.8) is 0 Å². The van der Waals surface area contributed by atoms with Crippen molar-refractivity contribution in [1.82, 2.24) is 20.6 Å². The highest BCUT2D eigenvalue weighted by Gasteiger charge is 2.06. The van der Waals surface area contributed by atoms with Crippen LogP contribution in [0.4, 0.5) is 4.39 Å². The van der Waals surface area contributed by atoms with Gasteiger partial charge in [-0.15, -0.1) is 35.3 Å². The Morgan fingerprint density at radius 1 is 1.13 bits per heavy atom. The Bertz CT molecular complexity index is 961. The molecular weight excluding hydrogens is 516 g/mol. The van der Waals surface area contributed by atoms with Crippen molar-refractivity contribution in [2.45, 2.75) is 33.9 Å². The highest BCUT2D eigenvalue weighted by atomic mass is 127. The fourth-order valence-electron chi connectivity index (χ4n) is 2.60. The van der Waals surface area contributed by atoms with Gasteiger partial charge in [0.15, 0.2) is 5.96 Å². The van der Waals surface area contributed by atoms with Crippen molar-refractivity contribution < 1.29 is 9.13 Å². The third-order valence-electron chi connectivity index (χ3n) is 4.01. The fraction of sp³-hybridized carbons (Fsp3) is 0.286. The predicted molar refractivity (Wildman–Crippen MR) is 129 cm³/mol. The first-order valence-electron chi connectivity index (χ1n) is 9.37. The zero-order valence-electron chi connectivity index (χ0n) is 17.1. The van der Waals surface area contributed by atoms with Crippen molar-refractivity contribution in [1.29, 1.82) is 0 Å². The second-order valence-corrected chi connectivity index (χ2v) is 7.64. The number of aryl methyl sites for hydroxylation is 2. The average Bonchev–Trinajstić information content (AvgIpc) is 3.04. The molecule has 0 amide bonds. The Morgan fingerprint density at radius 2 is 1.90 bits per heavy atom. The first-order chi connectivity index (χ1) is 14.0. The van der Waals surface area contributed by atoms with Crippen LogP contribution in [0.2, 0.25) is 0 Å². The first kappa shape index (κ1) is 24.0. The van der Waals surface area contributed by atoms with Gasteiger partial charge in [-0.3, -0.25) is 0 Å². The van der Waals surface area contributed by atoms with E-state index in [1.165, 1.54) is 17.0 Å². The van der Waals surface area contributed by atoms with E-state index in [4.69, 9.17) is 4.74 Å². The number of rotatable bonds is 7. The molecule has 2 N–H and O–H groups in total.